The molecular formula is C20H24N2O4. The molecule has 0 radical (unpaired) electrons. The van der Waals surface area contributed by atoms with E-state index >= 15 is 0 Å². The first kappa shape index (κ1) is 18.2. The molecule has 0 N–H and O–H groups in total. The van der Waals surface area contributed by atoms with Crippen molar-refractivity contribution < 1.29 is 14.3 Å². The Morgan fingerprint density at radius 2 is 2.00 bits per heavy atom. The van der Waals surface area contributed by atoms with E-state index in [1.807, 2.05) is 24.3 Å². The smallest absolute Gasteiger partial charge is 0.307 e. The number of pyridine rings is 1. The molecular weight excluding hydrogens is 332 g/mol. The van der Waals surface area contributed by atoms with Crippen LogP contribution in [-0.4, -0.2) is 40.5 Å². The maximum absolute atomic E-state index is 13.3. The molecule has 0 spiro atoms. The molecule has 1 aliphatic heterocycles. The van der Waals surface area contributed by atoms with Crippen LogP contribution in [-0.2, 0) is 16.6 Å². The van der Waals surface area contributed by atoms with Gasteiger partial charge in [-0.15, -0.1) is 0 Å². The van der Waals surface area contributed by atoms with Crippen LogP contribution in [0.2, 0.25) is 0 Å². The van der Waals surface area contributed by atoms with Gasteiger partial charge in [0, 0.05) is 31.1 Å². The summed E-state index contributed by atoms with van der Waals surface area (Å²) in [6.45, 7) is 2.69. The van der Waals surface area contributed by atoms with Crippen LogP contribution in [0.1, 0.15) is 43.0 Å². The van der Waals surface area contributed by atoms with E-state index < -0.39 is 0 Å². The summed E-state index contributed by atoms with van der Waals surface area (Å²) in [5.74, 6) is -0.473. The van der Waals surface area contributed by atoms with Crippen LogP contribution in [0.3, 0.4) is 0 Å². The molecule has 0 saturated carbocycles. The van der Waals surface area contributed by atoms with E-state index in [0.717, 1.165) is 30.2 Å². The summed E-state index contributed by atoms with van der Waals surface area (Å²) in [5.41, 5.74) is 0.910. The summed E-state index contributed by atoms with van der Waals surface area (Å²) in [6.07, 6.45) is 2.84. The Morgan fingerprint density at radius 1 is 1.23 bits per heavy atom. The number of nitrogens with zero attached hydrogens (tertiary/aromatic N) is 2. The van der Waals surface area contributed by atoms with Crippen LogP contribution in [0.15, 0.2) is 35.1 Å². The van der Waals surface area contributed by atoms with Crippen molar-refractivity contribution in [2.75, 3.05) is 13.2 Å². The fourth-order valence-corrected chi connectivity index (χ4v) is 3.63. The van der Waals surface area contributed by atoms with Crippen molar-refractivity contribution in [3.05, 3.63) is 46.2 Å². The van der Waals surface area contributed by atoms with Gasteiger partial charge in [0.1, 0.15) is 0 Å². The van der Waals surface area contributed by atoms with Gasteiger partial charge in [-0.05, 0) is 32.3 Å². The van der Waals surface area contributed by atoms with Gasteiger partial charge in [0.2, 0.25) is 0 Å². The lowest BCUT2D eigenvalue weighted by Gasteiger charge is -2.35. The molecule has 26 heavy (non-hydrogen) atoms. The average molecular weight is 356 g/mol. The number of likely N-dealkylation sites (tertiary alicyclic amines) is 1. The summed E-state index contributed by atoms with van der Waals surface area (Å²) in [7, 11) is 1.70. The van der Waals surface area contributed by atoms with Crippen molar-refractivity contribution in [3.63, 3.8) is 0 Å². The van der Waals surface area contributed by atoms with E-state index in [0.29, 0.717) is 18.7 Å². The molecule has 1 aliphatic rings. The van der Waals surface area contributed by atoms with E-state index in [-0.39, 0.29) is 29.9 Å². The third kappa shape index (κ3) is 3.49. The number of benzene rings is 1. The second-order valence-electron chi connectivity index (χ2n) is 6.63. The third-order valence-electron chi connectivity index (χ3n) is 4.98. The lowest BCUT2D eigenvalue weighted by atomic mass is 9.97. The highest BCUT2D eigenvalue weighted by Crippen LogP contribution is 2.25. The van der Waals surface area contributed by atoms with Gasteiger partial charge in [-0.2, -0.15) is 0 Å². The number of aryl methyl sites for hydroxylation is 1. The topological polar surface area (TPSA) is 68.6 Å². The lowest BCUT2D eigenvalue weighted by molar-refractivity contribution is -0.144. The molecule has 1 atom stereocenters. The van der Waals surface area contributed by atoms with Crippen LogP contribution >= 0.6 is 0 Å². The minimum absolute atomic E-state index is 0.182. The normalized spacial score (nSPS) is 17.3. The van der Waals surface area contributed by atoms with Crippen molar-refractivity contribution >= 4 is 22.8 Å². The maximum Gasteiger partial charge on any atom is 0.307 e. The van der Waals surface area contributed by atoms with Gasteiger partial charge in [0.15, 0.2) is 0 Å². The monoisotopic (exact) mass is 356 g/mol. The Hall–Kier alpha value is -2.63. The van der Waals surface area contributed by atoms with Crippen LogP contribution in [0.25, 0.3) is 10.9 Å². The third-order valence-corrected chi connectivity index (χ3v) is 4.98. The minimum atomic E-state index is -0.286. The molecule has 2 heterocycles. The zero-order chi connectivity index (χ0) is 18.7. The Bertz CT molecular complexity index is 887. The number of para-hydroxylation sites is 1. The number of amides is 1. The van der Waals surface area contributed by atoms with Crippen molar-refractivity contribution in [1.82, 2.24) is 9.47 Å². The summed E-state index contributed by atoms with van der Waals surface area (Å²) in [5, 5.41) is 0.750. The van der Waals surface area contributed by atoms with Gasteiger partial charge < -0.3 is 14.2 Å². The Morgan fingerprint density at radius 3 is 2.77 bits per heavy atom. The van der Waals surface area contributed by atoms with Gasteiger partial charge in [-0.3, -0.25) is 14.4 Å². The van der Waals surface area contributed by atoms with E-state index in [1.165, 1.54) is 6.07 Å². The number of ether oxygens (including phenoxy) is 1. The van der Waals surface area contributed by atoms with Gasteiger partial charge in [0.25, 0.3) is 11.5 Å². The van der Waals surface area contributed by atoms with Gasteiger partial charge in [-0.25, -0.2) is 0 Å². The van der Waals surface area contributed by atoms with Crippen molar-refractivity contribution in [3.8, 4) is 0 Å². The van der Waals surface area contributed by atoms with Gasteiger partial charge in [-0.1, -0.05) is 18.2 Å². The number of carbonyl (C=O) groups is 2. The molecule has 138 valence electrons. The van der Waals surface area contributed by atoms with E-state index in [1.54, 1.807) is 23.4 Å². The number of aromatic nitrogens is 1. The van der Waals surface area contributed by atoms with Crippen LogP contribution < -0.4 is 5.56 Å². The highest BCUT2D eigenvalue weighted by atomic mass is 16.5. The fourth-order valence-electron chi connectivity index (χ4n) is 3.63. The van der Waals surface area contributed by atoms with Crippen molar-refractivity contribution in [2.45, 2.75) is 38.6 Å². The lowest BCUT2D eigenvalue weighted by Crippen LogP contribution is -2.45. The zero-order valence-corrected chi connectivity index (χ0v) is 15.2. The number of hydrogen-bond donors (Lipinski definition) is 0. The quantitative estimate of drug-likeness (QED) is 0.789. The zero-order valence-electron chi connectivity index (χ0n) is 15.2. The second kappa shape index (κ2) is 7.72. The van der Waals surface area contributed by atoms with Crippen LogP contribution in [0.5, 0.6) is 0 Å². The Kier molecular flexibility index (Phi) is 5.40. The van der Waals surface area contributed by atoms with Crippen molar-refractivity contribution in [1.29, 1.82) is 0 Å². The summed E-state index contributed by atoms with van der Waals surface area (Å²) in [4.78, 5) is 39.2. The number of esters is 1. The molecule has 2 aromatic rings. The SMILES string of the molecule is CCOC(=O)C[C@@H]1CCCCN1C(=O)c1cc(=O)n(C)c2ccccc12. The summed E-state index contributed by atoms with van der Waals surface area (Å²) in [6, 6.07) is 8.61. The molecule has 1 aromatic carbocycles. The molecule has 0 aliphatic carbocycles. The Balaban J connectivity index is 1.97. The standard InChI is InChI=1S/C20H24N2O4/c1-3-26-19(24)12-14-8-6-7-11-22(14)20(25)16-13-18(23)21(2)17-10-5-4-9-15(16)17/h4-5,9-10,13-14H,3,6-8,11-12H2,1-2H3/t14-/m0/s1. The molecule has 1 fully saturated rings. The van der Waals surface area contributed by atoms with E-state index in [9.17, 15) is 14.4 Å². The molecule has 1 saturated heterocycles. The number of hydrogen-bond acceptors (Lipinski definition) is 4. The predicted molar refractivity (Wildman–Crippen MR) is 99.1 cm³/mol. The molecule has 3 rings (SSSR count). The fraction of sp³-hybridized carbons (Fsp3) is 0.450. The first-order valence-corrected chi connectivity index (χ1v) is 9.08. The molecule has 0 bridgehead atoms. The average Bonchev–Trinajstić information content (AvgIpc) is 2.65. The number of carbonyl (C=O) groups excluding carboxylic acids is 2. The van der Waals surface area contributed by atoms with Crippen molar-refractivity contribution in [2.24, 2.45) is 7.05 Å². The van der Waals surface area contributed by atoms with Gasteiger partial charge in [0.05, 0.1) is 24.1 Å². The van der Waals surface area contributed by atoms with E-state index in [4.69, 9.17) is 4.74 Å². The maximum atomic E-state index is 13.3. The highest BCUT2D eigenvalue weighted by molar-refractivity contribution is 6.06. The molecule has 0 unspecified atom stereocenters. The van der Waals surface area contributed by atoms with Crippen LogP contribution in [0, 0.1) is 0 Å². The largest absolute Gasteiger partial charge is 0.466 e. The molecule has 6 heteroatoms. The summed E-state index contributed by atoms with van der Waals surface area (Å²) < 4.78 is 6.59. The van der Waals surface area contributed by atoms with Crippen LogP contribution in [0.4, 0.5) is 0 Å². The predicted octanol–water partition coefficient (Wildman–Crippen LogP) is 2.49. The summed E-state index contributed by atoms with van der Waals surface area (Å²) >= 11 is 0. The van der Waals surface area contributed by atoms with Gasteiger partial charge >= 0.3 is 5.97 Å². The van der Waals surface area contributed by atoms with E-state index in [2.05, 4.69) is 0 Å². The molecule has 1 aromatic heterocycles. The second-order valence-corrected chi connectivity index (χ2v) is 6.63. The minimum Gasteiger partial charge on any atom is -0.466 e. The first-order chi connectivity index (χ1) is 12.5. The number of piperidine rings is 1. The Labute approximate surface area is 152 Å². The first-order valence-electron chi connectivity index (χ1n) is 9.08. The molecule has 1 amide bonds. The molecule has 6 nitrogen and oxygen atoms in total. The number of fused-ring (bicyclic) bond motifs is 1. The number of rotatable bonds is 4. The highest BCUT2D eigenvalue weighted by Gasteiger charge is 2.30.